The summed E-state index contributed by atoms with van der Waals surface area (Å²) in [5.74, 6) is -2.30. The van der Waals surface area contributed by atoms with Crippen LogP contribution in [0.3, 0.4) is 0 Å². The average molecular weight is 357 g/mol. The van der Waals surface area contributed by atoms with Gasteiger partial charge in [0.2, 0.25) is 0 Å². The maximum atomic E-state index is 13.7. The first-order valence-electron chi connectivity index (χ1n) is 7.21. The van der Waals surface area contributed by atoms with Gasteiger partial charge in [-0.05, 0) is 24.3 Å². The number of anilines is 1. The van der Waals surface area contributed by atoms with Crippen molar-refractivity contribution in [3.63, 3.8) is 0 Å². The maximum Gasteiger partial charge on any atom is 0.266 e. The summed E-state index contributed by atoms with van der Waals surface area (Å²) < 4.78 is 28.0. The van der Waals surface area contributed by atoms with Crippen LogP contribution in [-0.4, -0.2) is 15.3 Å². The fourth-order valence-corrected chi connectivity index (χ4v) is 3.40. The Morgan fingerprint density at radius 1 is 1.12 bits per heavy atom. The number of hydrogen-bond donors (Lipinski definition) is 1. The van der Waals surface area contributed by atoms with Crippen LogP contribution in [0.25, 0.3) is 16.0 Å². The Kier molecular flexibility index (Phi) is 3.54. The molecule has 0 unspecified atom stereocenters. The normalized spacial score (nSPS) is 11.1. The summed E-state index contributed by atoms with van der Waals surface area (Å²) in [6.45, 7) is 0. The average Bonchev–Trinajstić information content (AvgIpc) is 2.96. The molecule has 25 heavy (non-hydrogen) atoms. The highest BCUT2D eigenvalue weighted by Crippen LogP contribution is 2.21. The lowest BCUT2D eigenvalue weighted by Gasteiger charge is -2.06. The molecule has 2 heterocycles. The lowest BCUT2D eigenvalue weighted by atomic mass is 10.3. The van der Waals surface area contributed by atoms with Gasteiger partial charge in [0, 0.05) is 12.1 Å². The third-order valence-corrected chi connectivity index (χ3v) is 4.59. The molecule has 4 rings (SSSR count). The van der Waals surface area contributed by atoms with E-state index in [0.29, 0.717) is 22.1 Å². The van der Waals surface area contributed by atoms with Gasteiger partial charge in [-0.2, -0.15) is 0 Å². The number of halogens is 2. The first-order valence-corrected chi connectivity index (χ1v) is 8.02. The quantitative estimate of drug-likeness (QED) is 0.598. The highest BCUT2D eigenvalue weighted by Gasteiger charge is 2.15. The molecule has 1 amide bonds. The smallest absolute Gasteiger partial charge is 0.266 e. The summed E-state index contributed by atoms with van der Waals surface area (Å²) in [6, 6.07) is 11.1. The molecule has 0 fully saturated rings. The molecule has 5 nitrogen and oxygen atoms in total. The number of rotatable bonds is 2. The molecule has 1 N–H and O–H groups in total. The molecule has 0 aliphatic carbocycles. The molecule has 2 aromatic carbocycles. The highest BCUT2D eigenvalue weighted by atomic mass is 32.1. The fourth-order valence-electron chi connectivity index (χ4n) is 2.48. The fraction of sp³-hybridized carbons (Fsp3) is 0. The predicted molar refractivity (Wildman–Crippen MR) is 91.2 cm³/mol. The highest BCUT2D eigenvalue weighted by molar-refractivity contribution is 7.18. The molecule has 4 aromatic rings. The number of amides is 1. The van der Waals surface area contributed by atoms with E-state index in [1.54, 1.807) is 24.3 Å². The summed E-state index contributed by atoms with van der Waals surface area (Å²) in [4.78, 5) is 29.5. The van der Waals surface area contributed by atoms with Crippen molar-refractivity contribution in [1.29, 1.82) is 0 Å². The lowest BCUT2D eigenvalue weighted by Crippen LogP contribution is -2.17. The summed E-state index contributed by atoms with van der Waals surface area (Å²) >= 11 is 1.01. The lowest BCUT2D eigenvalue weighted by molar-refractivity contribution is 0.102. The number of hydrogen-bond acceptors (Lipinski definition) is 4. The van der Waals surface area contributed by atoms with Gasteiger partial charge in [0.05, 0.1) is 16.7 Å². The van der Waals surface area contributed by atoms with E-state index in [9.17, 15) is 18.4 Å². The van der Waals surface area contributed by atoms with E-state index in [4.69, 9.17) is 0 Å². The molecular formula is C17H9F2N3O2S. The van der Waals surface area contributed by atoms with Crippen LogP contribution in [0.4, 0.5) is 14.5 Å². The van der Waals surface area contributed by atoms with E-state index in [-0.39, 0.29) is 10.6 Å². The number of imidazole rings is 1. The second-order valence-electron chi connectivity index (χ2n) is 5.25. The van der Waals surface area contributed by atoms with Gasteiger partial charge in [-0.1, -0.05) is 23.5 Å². The van der Waals surface area contributed by atoms with Crippen molar-refractivity contribution >= 4 is 38.9 Å². The van der Waals surface area contributed by atoms with Gasteiger partial charge in [-0.15, -0.1) is 0 Å². The number of nitrogens with one attached hydrogen (secondary N) is 1. The van der Waals surface area contributed by atoms with Crippen LogP contribution in [0.2, 0.25) is 0 Å². The molecule has 0 spiro atoms. The van der Waals surface area contributed by atoms with Gasteiger partial charge >= 0.3 is 0 Å². The monoisotopic (exact) mass is 357 g/mol. The van der Waals surface area contributed by atoms with E-state index in [2.05, 4.69) is 10.3 Å². The summed E-state index contributed by atoms with van der Waals surface area (Å²) in [5, 5.41) is 2.33. The number of aromatic nitrogens is 2. The van der Waals surface area contributed by atoms with Crippen molar-refractivity contribution in [3.8, 4) is 0 Å². The van der Waals surface area contributed by atoms with E-state index >= 15 is 0 Å². The van der Waals surface area contributed by atoms with Crippen molar-refractivity contribution in [2.75, 3.05) is 5.32 Å². The Bertz CT molecular complexity index is 1200. The Morgan fingerprint density at radius 2 is 1.92 bits per heavy atom. The zero-order chi connectivity index (χ0) is 17.6. The van der Waals surface area contributed by atoms with Crippen LogP contribution in [0, 0.1) is 11.6 Å². The maximum absolute atomic E-state index is 13.7. The van der Waals surface area contributed by atoms with Gasteiger partial charge in [-0.25, -0.2) is 13.8 Å². The molecule has 0 aliphatic heterocycles. The largest absolute Gasteiger partial charge is 0.319 e. The topological polar surface area (TPSA) is 63.5 Å². The van der Waals surface area contributed by atoms with Crippen molar-refractivity contribution in [1.82, 2.24) is 9.38 Å². The summed E-state index contributed by atoms with van der Waals surface area (Å²) in [5.41, 5.74) is 0.708. The molecule has 0 bridgehead atoms. The van der Waals surface area contributed by atoms with Gasteiger partial charge in [0.15, 0.2) is 4.96 Å². The predicted octanol–water partition coefficient (Wildman–Crippen LogP) is 3.44. The van der Waals surface area contributed by atoms with Gasteiger partial charge < -0.3 is 5.32 Å². The molecular weight excluding hydrogens is 348 g/mol. The zero-order valence-electron chi connectivity index (χ0n) is 12.5. The Hall–Kier alpha value is -3.13. The van der Waals surface area contributed by atoms with Crippen molar-refractivity contribution in [2.45, 2.75) is 0 Å². The van der Waals surface area contributed by atoms with Gasteiger partial charge in [-0.3, -0.25) is 14.0 Å². The van der Waals surface area contributed by atoms with Crippen molar-refractivity contribution < 1.29 is 13.6 Å². The Morgan fingerprint density at radius 3 is 2.72 bits per heavy atom. The number of nitrogens with zero attached hydrogens (tertiary/aromatic N) is 2. The Labute approximate surface area is 143 Å². The van der Waals surface area contributed by atoms with Crippen LogP contribution in [0.15, 0.2) is 53.3 Å². The summed E-state index contributed by atoms with van der Waals surface area (Å²) in [7, 11) is 0. The number of carbonyl (C=O) groups is 1. The number of para-hydroxylation sites is 2. The second-order valence-corrected chi connectivity index (χ2v) is 6.25. The van der Waals surface area contributed by atoms with Crippen LogP contribution in [-0.2, 0) is 0 Å². The molecule has 0 radical (unpaired) electrons. The van der Waals surface area contributed by atoms with Crippen LogP contribution < -0.4 is 10.9 Å². The molecule has 0 saturated carbocycles. The van der Waals surface area contributed by atoms with Gasteiger partial charge in [0.25, 0.3) is 11.5 Å². The molecule has 0 saturated heterocycles. The standard InChI is InChI=1S/C17H9F2N3O2S/c18-9-5-6-11(10(19)7-9)20-16(24)14-8-15(23)22-13-4-2-1-3-12(13)21-17(22)25-14/h1-8H,(H,20,24). The minimum absolute atomic E-state index is 0.0801. The van der Waals surface area contributed by atoms with E-state index in [1.165, 1.54) is 10.5 Å². The minimum Gasteiger partial charge on any atom is -0.319 e. The number of carbonyl (C=O) groups excluding carboxylic acids is 1. The van der Waals surface area contributed by atoms with Crippen LogP contribution in [0.1, 0.15) is 9.67 Å². The molecule has 0 aliphatic rings. The number of benzene rings is 2. The van der Waals surface area contributed by atoms with Gasteiger partial charge in [0.1, 0.15) is 16.5 Å². The van der Waals surface area contributed by atoms with Crippen molar-refractivity contribution in [3.05, 3.63) is 75.4 Å². The minimum atomic E-state index is -0.895. The molecule has 0 atom stereocenters. The Balaban J connectivity index is 1.77. The second kappa shape index (κ2) is 5.75. The van der Waals surface area contributed by atoms with Crippen LogP contribution >= 0.6 is 11.3 Å². The van der Waals surface area contributed by atoms with E-state index < -0.39 is 23.1 Å². The molecule has 8 heteroatoms. The van der Waals surface area contributed by atoms with E-state index in [0.717, 1.165) is 23.5 Å². The molecule has 124 valence electrons. The first kappa shape index (κ1) is 15.4. The van der Waals surface area contributed by atoms with Crippen LogP contribution in [0.5, 0.6) is 0 Å². The number of fused-ring (bicyclic) bond motifs is 3. The third kappa shape index (κ3) is 2.66. The third-order valence-electron chi connectivity index (χ3n) is 3.61. The summed E-state index contributed by atoms with van der Waals surface area (Å²) in [6.07, 6.45) is 0. The SMILES string of the molecule is O=C(Nc1ccc(F)cc1F)c1cc(=O)n2c(nc3ccccc32)s1. The van der Waals surface area contributed by atoms with Crippen molar-refractivity contribution in [2.24, 2.45) is 0 Å². The zero-order valence-corrected chi connectivity index (χ0v) is 13.3. The first-order chi connectivity index (χ1) is 12.0. The molecule has 2 aromatic heterocycles. The van der Waals surface area contributed by atoms with E-state index in [1.807, 2.05) is 0 Å².